The lowest BCUT2D eigenvalue weighted by Gasteiger charge is -2.27. The first kappa shape index (κ1) is 16.0. The van der Waals surface area contributed by atoms with Crippen LogP contribution in [0.5, 0.6) is 0 Å². The second-order valence-electron chi connectivity index (χ2n) is 4.06. The zero-order chi connectivity index (χ0) is 13.6. The maximum Gasteiger partial charge on any atom is 0.154 e. The fraction of sp³-hybridized carbons (Fsp3) is 0.786. The predicted octanol–water partition coefficient (Wildman–Crippen LogP) is 3.72. The van der Waals surface area contributed by atoms with E-state index in [4.69, 9.17) is 0 Å². The SMILES string of the molecule is CC.CC.Cc1c2c(nn1C)N(C)CCC2C. The van der Waals surface area contributed by atoms with Gasteiger partial charge in [-0.05, 0) is 19.3 Å². The summed E-state index contributed by atoms with van der Waals surface area (Å²) in [7, 11) is 4.14. The highest BCUT2D eigenvalue weighted by Gasteiger charge is 2.25. The molecule has 0 spiro atoms. The number of anilines is 1. The van der Waals surface area contributed by atoms with Gasteiger partial charge in [-0.2, -0.15) is 5.10 Å². The van der Waals surface area contributed by atoms with E-state index in [2.05, 4.69) is 30.9 Å². The molecule has 0 saturated heterocycles. The maximum absolute atomic E-state index is 4.52. The van der Waals surface area contributed by atoms with E-state index < -0.39 is 0 Å². The molecule has 1 aromatic heterocycles. The fourth-order valence-electron chi connectivity index (χ4n) is 2.10. The van der Waals surface area contributed by atoms with Crippen molar-refractivity contribution in [3.05, 3.63) is 11.3 Å². The molecule has 1 atom stereocenters. The molecule has 0 radical (unpaired) electrons. The highest BCUT2D eigenvalue weighted by atomic mass is 15.3. The lowest BCUT2D eigenvalue weighted by molar-refractivity contribution is 0.632. The van der Waals surface area contributed by atoms with Gasteiger partial charge in [0.2, 0.25) is 0 Å². The number of aromatic nitrogens is 2. The molecule has 2 heterocycles. The topological polar surface area (TPSA) is 21.1 Å². The molecule has 100 valence electrons. The van der Waals surface area contributed by atoms with Gasteiger partial charge in [-0.25, -0.2) is 0 Å². The van der Waals surface area contributed by atoms with Crippen LogP contribution in [-0.4, -0.2) is 23.4 Å². The van der Waals surface area contributed by atoms with Crippen LogP contribution >= 0.6 is 0 Å². The molecule has 3 nitrogen and oxygen atoms in total. The highest BCUT2D eigenvalue weighted by Crippen LogP contribution is 2.35. The van der Waals surface area contributed by atoms with Crippen LogP contribution in [0.3, 0.4) is 0 Å². The summed E-state index contributed by atoms with van der Waals surface area (Å²) < 4.78 is 1.99. The van der Waals surface area contributed by atoms with E-state index in [1.165, 1.54) is 23.5 Å². The second kappa shape index (κ2) is 7.36. The summed E-state index contributed by atoms with van der Waals surface area (Å²) in [4.78, 5) is 2.25. The third-order valence-corrected chi connectivity index (χ3v) is 3.11. The Hall–Kier alpha value is -0.990. The zero-order valence-electron chi connectivity index (χ0n) is 12.8. The Balaban J connectivity index is 0.000000581. The summed E-state index contributed by atoms with van der Waals surface area (Å²) >= 11 is 0. The van der Waals surface area contributed by atoms with Crippen LogP contribution in [0.4, 0.5) is 5.82 Å². The molecule has 0 saturated carbocycles. The molecule has 3 heteroatoms. The Kier molecular flexibility index (Phi) is 6.93. The molecule has 0 bridgehead atoms. The standard InChI is InChI=1S/C10H17N3.2C2H6/c1-7-5-6-12(3)10-9(7)8(2)13(4)11-10;2*1-2/h7H,5-6H2,1-4H3;2*1-2H3. The summed E-state index contributed by atoms with van der Waals surface area (Å²) in [5.74, 6) is 1.85. The van der Waals surface area contributed by atoms with E-state index in [9.17, 15) is 0 Å². The van der Waals surface area contributed by atoms with Gasteiger partial charge >= 0.3 is 0 Å². The van der Waals surface area contributed by atoms with Gasteiger partial charge in [-0.3, -0.25) is 4.68 Å². The molecule has 0 fully saturated rings. The molecule has 0 aromatic carbocycles. The monoisotopic (exact) mass is 239 g/mol. The van der Waals surface area contributed by atoms with Crippen molar-refractivity contribution in [3.63, 3.8) is 0 Å². The zero-order valence-corrected chi connectivity index (χ0v) is 12.8. The van der Waals surface area contributed by atoms with Crippen molar-refractivity contribution in [2.75, 3.05) is 18.5 Å². The van der Waals surface area contributed by atoms with Crippen molar-refractivity contribution >= 4 is 5.82 Å². The van der Waals surface area contributed by atoms with Crippen molar-refractivity contribution in [3.8, 4) is 0 Å². The van der Waals surface area contributed by atoms with Gasteiger partial charge in [0.15, 0.2) is 5.82 Å². The molecule has 1 aromatic rings. The summed E-state index contributed by atoms with van der Waals surface area (Å²) in [6, 6.07) is 0. The summed E-state index contributed by atoms with van der Waals surface area (Å²) in [6.45, 7) is 13.6. The maximum atomic E-state index is 4.52. The summed E-state index contributed by atoms with van der Waals surface area (Å²) in [5, 5.41) is 4.52. The van der Waals surface area contributed by atoms with Crippen molar-refractivity contribution in [2.45, 2.75) is 53.9 Å². The van der Waals surface area contributed by atoms with Gasteiger partial charge in [-0.1, -0.05) is 34.6 Å². The molecular weight excluding hydrogens is 210 g/mol. The molecular formula is C14H29N3. The molecule has 0 aliphatic carbocycles. The van der Waals surface area contributed by atoms with E-state index in [1.807, 2.05) is 39.4 Å². The fourth-order valence-corrected chi connectivity index (χ4v) is 2.10. The van der Waals surface area contributed by atoms with E-state index in [0.29, 0.717) is 5.92 Å². The lowest BCUT2D eigenvalue weighted by Crippen LogP contribution is -2.26. The van der Waals surface area contributed by atoms with Crippen LogP contribution < -0.4 is 4.90 Å². The Morgan fingerprint density at radius 2 is 1.65 bits per heavy atom. The van der Waals surface area contributed by atoms with Gasteiger partial charge < -0.3 is 4.90 Å². The number of aryl methyl sites for hydroxylation is 1. The van der Waals surface area contributed by atoms with Crippen molar-refractivity contribution in [2.24, 2.45) is 7.05 Å². The summed E-state index contributed by atoms with van der Waals surface area (Å²) in [6.07, 6.45) is 1.25. The molecule has 0 amide bonds. The number of fused-ring (bicyclic) bond motifs is 1. The minimum atomic E-state index is 0.667. The first-order valence-electron chi connectivity index (χ1n) is 6.86. The Labute approximate surface area is 107 Å². The predicted molar refractivity (Wildman–Crippen MR) is 76.9 cm³/mol. The first-order valence-corrected chi connectivity index (χ1v) is 6.86. The number of hydrogen-bond acceptors (Lipinski definition) is 2. The van der Waals surface area contributed by atoms with Gasteiger partial charge in [-0.15, -0.1) is 0 Å². The second-order valence-corrected chi connectivity index (χ2v) is 4.06. The van der Waals surface area contributed by atoms with E-state index >= 15 is 0 Å². The Bertz CT molecular complexity index is 328. The first-order chi connectivity index (χ1) is 8.11. The normalized spacial score (nSPS) is 17.4. The Morgan fingerprint density at radius 3 is 2.12 bits per heavy atom. The number of hydrogen-bond donors (Lipinski definition) is 0. The number of nitrogens with zero attached hydrogens (tertiary/aromatic N) is 3. The molecule has 0 N–H and O–H groups in total. The van der Waals surface area contributed by atoms with Gasteiger partial charge in [0, 0.05) is 31.9 Å². The van der Waals surface area contributed by atoms with E-state index in [-0.39, 0.29) is 0 Å². The molecule has 1 aliphatic heterocycles. The van der Waals surface area contributed by atoms with Gasteiger partial charge in [0.1, 0.15) is 0 Å². The van der Waals surface area contributed by atoms with Gasteiger partial charge in [0.05, 0.1) is 0 Å². The third-order valence-electron chi connectivity index (χ3n) is 3.11. The molecule has 17 heavy (non-hydrogen) atoms. The van der Waals surface area contributed by atoms with Gasteiger partial charge in [0.25, 0.3) is 0 Å². The van der Waals surface area contributed by atoms with Crippen molar-refractivity contribution < 1.29 is 0 Å². The van der Waals surface area contributed by atoms with Crippen molar-refractivity contribution in [1.29, 1.82) is 0 Å². The summed E-state index contributed by atoms with van der Waals surface area (Å²) in [5.41, 5.74) is 2.75. The largest absolute Gasteiger partial charge is 0.358 e. The minimum Gasteiger partial charge on any atom is -0.358 e. The van der Waals surface area contributed by atoms with E-state index in [1.54, 1.807) is 0 Å². The molecule has 1 unspecified atom stereocenters. The average Bonchev–Trinajstić information content (AvgIpc) is 2.67. The third kappa shape index (κ3) is 3.24. The smallest absolute Gasteiger partial charge is 0.154 e. The lowest BCUT2D eigenvalue weighted by atomic mass is 9.94. The quantitative estimate of drug-likeness (QED) is 0.688. The van der Waals surface area contributed by atoms with Crippen LogP contribution in [0, 0.1) is 6.92 Å². The Morgan fingerprint density at radius 1 is 1.12 bits per heavy atom. The minimum absolute atomic E-state index is 0.667. The average molecular weight is 239 g/mol. The van der Waals surface area contributed by atoms with Crippen LogP contribution in [0.1, 0.15) is 58.2 Å². The van der Waals surface area contributed by atoms with Crippen molar-refractivity contribution in [1.82, 2.24) is 9.78 Å². The van der Waals surface area contributed by atoms with Crippen LogP contribution in [0.15, 0.2) is 0 Å². The molecule has 1 aliphatic rings. The molecule has 2 rings (SSSR count). The van der Waals surface area contributed by atoms with Crippen LogP contribution in [0.25, 0.3) is 0 Å². The highest BCUT2D eigenvalue weighted by molar-refractivity contribution is 5.52. The van der Waals surface area contributed by atoms with Crippen LogP contribution in [0.2, 0.25) is 0 Å². The van der Waals surface area contributed by atoms with Crippen LogP contribution in [-0.2, 0) is 7.05 Å². The number of rotatable bonds is 0. The van der Waals surface area contributed by atoms with E-state index in [0.717, 1.165) is 6.54 Å².